The highest BCUT2D eigenvalue weighted by Gasteiger charge is 2.58. The van der Waals surface area contributed by atoms with Crippen molar-refractivity contribution in [2.24, 2.45) is 17.8 Å². The molecule has 5 nitrogen and oxygen atoms in total. The minimum absolute atomic E-state index is 0.0729. The van der Waals surface area contributed by atoms with Gasteiger partial charge in [0.25, 0.3) is 0 Å². The Hall–Kier alpha value is -2.11. The van der Waals surface area contributed by atoms with Crippen LogP contribution in [0.1, 0.15) is 37.7 Å². The Morgan fingerprint density at radius 2 is 1.88 bits per heavy atom. The summed E-state index contributed by atoms with van der Waals surface area (Å²) in [4.78, 5) is 25.8. The molecule has 0 spiro atoms. The minimum atomic E-state index is -1.14. The number of fused-ring (bicyclic) bond motifs is 3. The number of hydrogen-bond donors (Lipinski definition) is 1. The van der Waals surface area contributed by atoms with Crippen LogP contribution in [0.15, 0.2) is 30.3 Å². The highest BCUT2D eigenvalue weighted by atomic mass is 19.1. The van der Waals surface area contributed by atoms with E-state index < -0.39 is 36.2 Å². The fourth-order valence-electron chi connectivity index (χ4n) is 4.75. The average Bonchev–Trinajstić information content (AvgIpc) is 3.46. The summed E-state index contributed by atoms with van der Waals surface area (Å²) in [6, 6.07) is 7.77. The summed E-state index contributed by atoms with van der Waals surface area (Å²) in [5.74, 6) is -0.978. The summed E-state index contributed by atoms with van der Waals surface area (Å²) < 4.78 is 20.5. The van der Waals surface area contributed by atoms with Crippen LogP contribution in [0.2, 0.25) is 0 Å². The summed E-state index contributed by atoms with van der Waals surface area (Å²) >= 11 is 0. The predicted molar refractivity (Wildman–Crippen MR) is 92.1 cm³/mol. The normalized spacial score (nSPS) is 33.1. The molecule has 4 fully saturated rings. The highest BCUT2D eigenvalue weighted by Crippen LogP contribution is 2.50. The Bertz CT molecular complexity index is 678. The van der Waals surface area contributed by atoms with Crippen molar-refractivity contribution in [3.05, 3.63) is 35.9 Å². The molecule has 2 bridgehead atoms. The van der Waals surface area contributed by atoms with Crippen molar-refractivity contribution in [2.45, 2.75) is 57.0 Å². The summed E-state index contributed by atoms with van der Waals surface area (Å²) in [5, 5.41) is 9.71. The van der Waals surface area contributed by atoms with Gasteiger partial charge in [0.05, 0.1) is 0 Å². The molecule has 6 heteroatoms. The van der Waals surface area contributed by atoms with Crippen LogP contribution in [-0.4, -0.2) is 40.3 Å². The van der Waals surface area contributed by atoms with Gasteiger partial charge in [-0.1, -0.05) is 43.2 Å². The first-order valence-electron chi connectivity index (χ1n) is 9.42. The van der Waals surface area contributed by atoms with Crippen molar-refractivity contribution in [2.75, 3.05) is 0 Å². The van der Waals surface area contributed by atoms with E-state index in [1.807, 2.05) is 30.3 Å². The summed E-state index contributed by atoms with van der Waals surface area (Å²) in [7, 11) is 0. The molecule has 0 unspecified atom stereocenters. The molecule has 2 heterocycles. The van der Waals surface area contributed by atoms with Gasteiger partial charge in [0.2, 0.25) is 0 Å². The van der Waals surface area contributed by atoms with Gasteiger partial charge in [-0.05, 0) is 30.7 Å². The largest absolute Gasteiger partial charge is 0.465 e. The number of carbonyl (C=O) groups is 2. The number of halogens is 1. The number of ether oxygens (including phenoxy) is 1. The molecule has 2 aliphatic heterocycles. The molecule has 26 heavy (non-hydrogen) atoms. The van der Waals surface area contributed by atoms with Gasteiger partial charge in [-0.15, -0.1) is 0 Å². The Morgan fingerprint density at radius 3 is 2.54 bits per heavy atom. The zero-order chi connectivity index (χ0) is 18.3. The summed E-state index contributed by atoms with van der Waals surface area (Å²) in [6.07, 6.45) is 1.86. The molecule has 140 valence electrons. The van der Waals surface area contributed by atoms with Crippen molar-refractivity contribution < 1.29 is 23.8 Å². The molecule has 0 radical (unpaired) electrons. The lowest BCUT2D eigenvalue weighted by atomic mass is 9.66. The molecule has 1 aromatic carbocycles. The Labute approximate surface area is 152 Å². The maximum absolute atomic E-state index is 15.1. The number of hydrogen-bond acceptors (Lipinski definition) is 3. The molecule has 5 atom stereocenters. The van der Waals surface area contributed by atoms with E-state index in [9.17, 15) is 14.7 Å². The smallest absolute Gasteiger partial charge is 0.408 e. The van der Waals surface area contributed by atoms with Crippen LogP contribution in [0.25, 0.3) is 0 Å². The lowest BCUT2D eigenvalue weighted by Crippen LogP contribution is -2.67. The molecule has 2 aliphatic carbocycles. The SMILES string of the molecule is O=C(OCc1ccccc1)[C@@H]1[C@@H]2CC[C@@H]([C@H](CC3CC3)[C@H]2F)N1C(=O)O. The lowest BCUT2D eigenvalue weighted by molar-refractivity contribution is -0.168. The van der Waals surface area contributed by atoms with Crippen LogP contribution in [-0.2, 0) is 16.1 Å². The van der Waals surface area contributed by atoms with E-state index in [1.54, 1.807) is 0 Å². The fraction of sp³-hybridized carbons (Fsp3) is 0.600. The highest BCUT2D eigenvalue weighted by molar-refractivity contribution is 5.82. The number of carboxylic acid groups (broad SMARTS) is 1. The molecule has 1 N–H and O–H groups in total. The summed E-state index contributed by atoms with van der Waals surface area (Å²) in [6.45, 7) is 0.0729. The van der Waals surface area contributed by atoms with E-state index in [0.29, 0.717) is 18.8 Å². The Morgan fingerprint density at radius 1 is 1.15 bits per heavy atom. The van der Waals surface area contributed by atoms with Gasteiger partial charge in [-0.3, -0.25) is 4.90 Å². The monoisotopic (exact) mass is 361 g/mol. The van der Waals surface area contributed by atoms with Crippen LogP contribution < -0.4 is 0 Å². The molecule has 0 aromatic heterocycles. The van der Waals surface area contributed by atoms with Crippen molar-refractivity contribution in [1.29, 1.82) is 0 Å². The molecular formula is C20H24FNO4. The van der Waals surface area contributed by atoms with E-state index in [1.165, 1.54) is 4.90 Å². The molecule has 1 aromatic rings. The zero-order valence-corrected chi connectivity index (χ0v) is 14.6. The molecule has 1 amide bonds. The Balaban J connectivity index is 1.50. The van der Waals surface area contributed by atoms with E-state index in [0.717, 1.165) is 24.8 Å². The van der Waals surface area contributed by atoms with Crippen molar-refractivity contribution in [3.63, 3.8) is 0 Å². The van der Waals surface area contributed by atoms with E-state index in [2.05, 4.69) is 0 Å². The van der Waals surface area contributed by atoms with Gasteiger partial charge >= 0.3 is 12.1 Å². The first kappa shape index (κ1) is 17.3. The van der Waals surface area contributed by atoms with Crippen molar-refractivity contribution in [3.8, 4) is 0 Å². The van der Waals surface area contributed by atoms with Crippen LogP contribution in [0, 0.1) is 17.8 Å². The molecule has 4 aliphatic rings. The third kappa shape index (κ3) is 3.17. The van der Waals surface area contributed by atoms with E-state index in [-0.39, 0.29) is 12.5 Å². The van der Waals surface area contributed by atoms with E-state index >= 15 is 4.39 Å². The molecular weight excluding hydrogens is 337 g/mol. The maximum Gasteiger partial charge on any atom is 0.408 e. The molecule has 2 saturated heterocycles. The van der Waals surface area contributed by atoms with Crippen LogP contribution in [0.4, 0.5) is 9.18 Å². The quantitative estimate of drug-likeness (QED) is 0.814. The van der Waals surface area contributed by atoms with Crippen molar-refractivity contribution in [1.82, 2.24) is 4.90 Å². The maximum atomic E-state index is 15.1. The van der Waals surface area contributed by atoms with Crippen LogP contribution >= 0.6 is 0 Å². The zero-order valence-electron chi connectivity index (χ0n) is 14.6. The number of amides is 1. The van der Waals surface area contributed by atoms with Gasteiger partial charge in [-0.2, -0.15) is 0 Å². The first-order valence-corrected chi connectivity index (χ1v) is 9.42. The van der Waals surface area contributed by atoms with Crippen molar-refractivity contribution >= 4 is 12.1 Å². The number of nitrogens with zero attached hydrogens (tertiary/aromatic N) is 1. The number of carbonyl (C=O) groups excluding carboxylic acids is 1. The molecule has 2 saturated carbocycles. The molecule has 5 rings (SSSR count). The minimum Gasteiger partial charge on any atom is -0.465 e. The van der Waals surface area contributed by atoms with E-state index in [4.69, 9.17) is 4.74 Å². The third-order valence-electron chi connectivity index (χ3n) is 6.16. The number of rotatable bonds is 5. The number of alkyl halides is 1. The second kappa shape index (κ2) is 6.89. The predicted octanol–water partition coefficient (Wildman–Crippen LogP) is 3.63. The van der Waals surface area contributed by atoms with Gasteiger partial charge in [-0.25, -0.2) is 14.0 Å². The fourth-order valence-corrected chi connectivity index (χ4v) is 4.75. The van der Waals surface area contributed by atoms with Gasteiger partial charge < -0.3 is 9.84 Å². The van der Waals surface area contributed by atoms with Crippen LogP contribution in [0.3, 0.4) is 0 Å². The van der Waals surface area contributed by atoms with Crippen LogP contribution in [0.5, 0.6) is 0 Å². The Kier molecular flexibility index (Phi) is 4.59. The standard InChI is InChI=1S/C20H24FNO4/c21-17-14-8-9-16(15(17)10-12-6-7-12)22(20(24)25)18(14)19(23)26-11-13-4-2-1-3-5-13/h1-5,12,14-18H,6-11H2,(H,24,25)/t14-,15+,16+,17+,18+/m1/s1. The topological polar surface area (TPSA) is 66.8 Å². The lowest BCUT2D eigenvalue weighted by Gasteiger charge is -2.54. The van der Waals surface area contributed by atoms with Gasteiger partial charge in [0, 0.05) is 17.9 Å². The number of piperidine rings is 2. The average molecular weight is 361 g/mol. The third-order valence-corrected chi connectivity index (χ3v) is 6.16. The second-order valence-corrected chi connectivity index (χ2v) is 7.82. The van der Waals surface area contributed by atoms with Gasteiger partial charge in [0.15, 0.2) is 0 Å². The second-order valence-electron chi connectivity index (χ2n) is 7.82. The van der Waals surface area contributed by atoms with Gasteiger partial charge in [0.1, 0.15) is 18.8 Å². The number of benzene rings is 1. The number of esters is 1. The summed E-state index contributed by atoms with van der Waals surface area (Å²) in [5.41, 5.74) is 0.826. The first-order chi connectivity index (χ1) is 12.6.